The fourth-order valence-corrected chi connectivity index (χ4v) is 3.46. The molecule has 0 bridgehead atoms. The van der Waals surface area contributed by atoms with Crippen molar-refractivity contribution in [3.05, 3.63) is 28.3 Å². The minimum atomic E-state index is -4.82. The second kappa shape index (κ2) is 9.65. The molecule has 176 valence electrons. The summed E-state index contributed by atoms with van der Waals surface area (Å²) in [6.07, 6.45) is -4.93. The molecular formula is C21H27F3N4O4. The van der Waals surface area contributed by atoms with E-state index in [4.69, 9.17) is 15.2 Å². The molecule has 1 atom stereocenters. The Morgan fingerprint density at radius 2 is 2.00 bits per heavy atom. The van der Waals surface area contributed by atoms with Gasteiger partial charge in [0.05, 0.1) is 29.0 Å². The first-order chi connectivity index (χ1) is 14.8. The summed E-state index contributed by atoms with van der Waals surface area (Å²) in [7, 11) is 0. The van der Waals surface area contributed by atoms with Crippen molar-refractivity contribution in [2.24, 2.45) is 0 Å². The molecule has 0 aliphatic carbocycles. The third kappa shape index (κ3) is 6.26. The quantitative estimate of drug-likeness (QED) is 0.515. The van der Waals surface area contributed by atoms with Gasteiger partial charge in [0.2, 0.25) is 0 Å². The van der Waals surface area contributed by atoms with E-state index < -0.39 is 40.5 Å². The van der Waals surface area contributed by atoms with Crippen LogP contribution in [0.1, 0.15) is 61.2 Å². The standard InChI is InChI=1S/C21H27F3N4O4/c1-5-31-18(29)13-8-16(21(22,23)24)15(14(9-25)17(13)26)11-28-7-6-12(10-28)27-19(30)32-20(2,3)4/h8,12H,5-7,10-11,26H2,1-4H3,(H,27,30)/t12-/m1/s1. The maximum atomic E-state index is 13.8. The molecule has 11 heteroatoms. The zero-order valence-corrected chi connectivity index (χ0v) is 18.4. The van der Waals surface area contributed by atoms with E-state index >= 15 is 0 Å². The molecular weight excluding hydrogens is 429 g/mol. The number of nitrogens with one attached hydrogen (secondary N) is 1. The van der Waals surface area contributed by atoms with Gasteiger partial charge in [-0.2, -0.15) is 18.4 Å². The van der Waals surface area contributed by atoms with E-state index in [0.29, 0.717) is 19.0 Å². The summed E-state index contributed by atoms with van der Waals surface area (Å²) in [4.78, 5) is 25.7. The van der Waals surface area contributed by atoms with Gasteiger partial charge >= 0.3 is 18.2 Å². The summed E-state index contributed by atoms with van der Waals surface area (Å²) in [5, 5.41) is 12.2. The number of nitrogens with two attached hydrogens (primary N) is 1. The summed E-state index contributed by atoms with van der Waals surface area (Å²) in [6.45, 7) is 7.05. The van der Waals surface area contributed by atoms with Crippen molar-refractivity contribution in [2.75, 3.05) is 25.4 Å². The minimum absolute atomic E-state index is 0.0525. The van der Waals surface area contributed by atoms with Crippen LogP contribution in [0.3, 0.4) is 0 Å². The minimum Gasteiger partial charge on any atom is -0.462 e. The van der Waals surface area contributed by atoms with E-state index in [-0.39, 0.29) is 37.0 Å². The number of halogens is 3. The summed E-state index contributed by atoms with van der Waals surface area (Å²) in [5.41, 5.74) is 2.52. The molecule has 0 aromatic heterocycles. The number of nitrogens with zero attached hydrogens (tertiary/aromatic N) is 2. The highest BCUT2D eigenvalue weighted by atomic mass is 19.4. The van der Waals surface area contributed by atoms with E-state index in [0.717, 1.165) is 0 Å². The predicted octanol–water partition coefficient (Wildman–Crippen LogP) is 3.43. The smallest absolute Gasteiger partial charge is 0.416 e. The van der Waals surface area contributed by atoms with E-state index in [9.17, 15) is 28.0 Å². The average molecular weight is 456 g/mol. The molecule has 1 aromatic carbocycles. The number of carbonyl (C=O) groups is 2. The van der Waals surface area contributed by atoms with Gasteiger partial charge in [0.25, 0.3) is 0 Å². The van der Waals surface area contributed by atoms with E-state index in [2.05, 4.69) is 5.32 Å². The van der Waals surface area contributed by atoms with Crippen LogP contribution >= 0.6 is 0 Å². The molecule has 1 aromatic rings. The summed E-state index contributed by atoms with van der Waals surface area (Å²) in [5.74, 6) is -1.03. The van der Waals surface area contributed by atoms with Crippen molar-refractivity contribution >= 4 is 17.7 Å². The van der Waals surface area contributed by atoms with Crippen molar-refractivity contribution in [1.82, 2.24) is 10.2 Å². The summed E-state index contributed by atoms with van der Waals surface area (Å²) in [6, 6.07) is 2.02. The highest BCUT2D eigenvalue weighted by Crippen LogP contribution is 2.38. The lowest BCUT2D eigenvalue weighted by Gasteiger charge is -2.23. The zero-order valence-electron chi connectivity index (χ0n) is 18.4. The van der Waals surface area contributed by atoms with Crippen molar-refractivity contribution in [3.63, 3.8) is 0 Å². The zero-order chi connectivity index (χ0) is 24.3. The Hall–Kier alpha value is -3.00. The molecule has 0 saturated carbocycles. The first kappa shape index (κ1) is 25.3. The second-order valence-corrected chi connectivity index (χ2v) is 8.44. The van der Waals surface area contributed by atoms with Crippen molar-refractivity contribution in [1.29, 1.82) is 5.26 Å². The molecule has 8 nitrogen and oxygen atoms in total. The second-order valence-electron chi connectivity index (χ2n) is 8.44. The van der Waals surface area contributed by atoms with E-state index in [1.165, 1.54) is 6.92 Å². The lowest BCUT2D eigenvalue weighted by Crippen LogP contribution is -2.40. The highest BCUT2D eigenvalue weighted by molar-refractivity contribution is 5.97. The molecule has 1 aliphatic heterocycles. The van der Waals surface area contributed by atoms with Crippen LogP contribution in [0.2, 0.25) is 0 Å². The molecule has 1 aliphatic rings. The molecule has 3 N–H and O–H groups in total. The molecule has 32 heavy (non-hydrogen) atoms. The fraction of sp³-hybridized carbons (Fsp3) is 0.571. The monoisotopic (exact) mass is 456 g/mol. The summed E-state index contributed by atoms with van der Waals surface area (Å²) >= 11 is 0. The number of likely N-dealkylation sites (tertiary alicyclic amines) is 1. The Morgan fingerprint density at radius 1 is 1.34 bits per heavy atom. The Kier molecular flexibility index (Phi) is 7.62. The largest absolute Gasteiger partial charge is 0.462 e. The average Bonchev–Trinajstić information content (AvgIpc) is 3.06. The molecule has 0 spiro atoms. The predicted molar refractivity (Wildman–Crippen MR) is 110 cm³/mol. The number of benzene rings is 1. The van der Waals surface area contributed by atoms with Crippen LogP contribution in [0.15, 0.2) is 6.07 Å². The third-order valence-electron chi connectivity index (χ3n) is 4.76. The molecule has 0 unspecified atom stereocenters. The SMILES string of the molecule is CCOC(=O)c1cc(C(F)(F)F)c(CN2CC[C@@H](NC(=O)OC(C)(C)C)C2)c(C#N)c1N. The maximum absolute atomic E-state index is 13.8. The van der Waals surface area contributed by atoms with Crippen molar-refractivity contribution in [3.8, 4) is 6.07 Å². The van der Waals surface area contributed by atoms with Gasteiger partial charge in [-0.1, -0.05) is 0 Å². The number of amides is 1. The first-order valence-electron chi connectivity index (χ1n) is 10.1. The Labute approximate surface area is 184 Å². The highest BCUT2D eigenvalue weighted by Gasteiger charge is 2.38. The van der Waals surface area contributed by atoms with Gasteiger partial charge in [-0.05, 0) is 45.7 Å². The first-order valence-corrected chi connectivity index (χ1v) is 10.1. The molecule has 2 rings (SSSR count). The van der Waals surface area contributed by atoms with Crippen LogP contribution in [0, 0.1) is 11.3 Å². The third-order valence-corrected chi connectivity index (χ3v) is 4.76. The number of hydrogen-bond donors (Lipinski definition) is 2. The van der Waals surface area contributed by atoms with Crippen molar-refractivity contribution < 1.29 is 32.2 Å². The number of alkyl halides is 3. The number of hydrogen-bond acceptors (Lipinski definition) is 7. The van der Waals surface area contributed by atoms with E-state index in [1.807, 2.05) is 0 Å². The Balaban J connectivity index is 2.30. The van der Waals surface area contributed by atoms with E-state index in [1.54, 1.807) is 31.7 Å². The van der Waals surface area contributed by atoms with Crippen LogP contribution in [-0.4, -0.2) is 48.3 Å². The number of nitrogen functional groups attached to an aromatic ring is 1. The maximum Gasteiger partial charge on any atom is 0.416 e. The van der Waals surface area contributed by atoms with Crippen LogP contribution in [0.4, 0.5) is 23.7 Å². The van der Waals surface area contributed by atoms with Crippen molar-refractivity contribution in [2.45, 2.75) is 58.5 Å². The van der Waals surface area contributed by atoms with Crippen LogP contribution in [-0.2, 0) is 22.2 Å². The number of carbonyl (C=O) groups excluding carboxylic acids is 2. The van der Waals surface area contributed by atoms with Crippen LogP contribution in [0.5, 0.6) is 0 Å². The topological polar surface area (TPSA) is 118 Å². The number of esters is 1. The molecule has 1 fully saturated rings. The number of anilines is 1. The van der Waals surface area contributed by atoms with Gasteiger partial charge in [0, 0.05) is 25.7 Å². The lowest BCUT2D eigenvalue weighted by atomic mass is 9.94. The number of ether oxygens (including phenoxy) is 2. The van der Waals surface area contributed by atoms with Gasteiger partial charge in [-0.25, -0.2) is 9.59 Å². The molecule has 1 amide bonds. The molecule has 1 heterocycles. The van der Waals surface area contributed by atoms with Gasteiger partial charge in [0.1, 0.15) is 11.7 Å². The van der Waals surface area contributed by atoms with Gasteiger partial charge in [0.15, 0.2) is 0 Å². The lowest BCUT2D eigenvalue weighted by molar-refractivity contribution is -0.138. The van der Waals surface area contributed by atoms with Gasteiger partial charge < -0.3 is 20.5 Å². The van der Waals surface area contributed by atoms with Gasteiger partial charge in [-0.15, -0.1) is 0 Å². The Morgan fingerprint density at radius 3 is 2.53 bits per heavy atom. The Bertz CT molecular complexity index is 920. The normalized spacial score (nSPS) is 17.0. The van der Waals surface area contributed by atoms with Crippen LogP contribution < -0.4 is 11.1 Å². The summed E-state index contributed by atoms with van der Waals surface area (Å²) < 4.78 is 51.4. The number of rotatable bonds is 5. The fourth-order valence-electron chi connectivity index (χ4n) is 3.46. The number of alkyl carbamates (subject to hydrolysis) is 1. The molecule has 1 saturated heterocycles. The number of nitriles is 1. The van der Waals surface area contributed by atoms with Gasteiger partial charge in [-0.3, -0.25) is 4.90 Å². The van der Waals surface area contributed by atoms with Crippen LogP contribution in [0.25, 0.3) is 0 Å². The molecule has 0 radical (unpaired) electrons.